The summed E-state index contributed by atoms with van der Waals surface area (Å²) in [5.74, 6) is 0.119. The topological polar surface area (TPSA) is 70.2 Å². The van der Waals surface area contributed by atoms with E-state index in [4.69, 9.17) is 5.26 Å². The Labute approximate surface area is 140 Å². The third-order valence-corrected chi connectivity index (χ3v) is 3.69. The van der Waals surface area contributed by atoms with Gasteiger partial charge < -0.3 is 5.32 Å². The van der Waals surface area contributed by atoms with E-state index in [1.54, 1.807) is 18.2 Å². The number of anilines is 1. The van der Waals surface area contributed by atoms with E-state index in [9.17, 15) is 18.0 Å². The van der Waals surface area contributed by atoms with Gasteiger partial charge in [0.1, 0.15) is 0 Å². The summed E-state index contributed by atoms with van der Waals surface area (Å²) in [6.07, 6.45) is -3.35. The first-order valence-electron chi connectivity index (χ1n) is 7.17. The second-order valence-electron chi connectivity index (χ2n) is 5.23. The molecule has 0 bridgehead atoms. The first-order valence-corrected chi connectivity index (χ1v) is 7.17. The predicted octanol–water partition coefficient (Wildman–Crippen LogP) is 3.29. The van der Waals surface area contributed by atoms with Crippen LogP contribution < -0.4 is 10.9 Å². The number of hydrogen-bond donors (Lipinski definition) is 1. The molecule has 0 fully saturated rings. The molecule has 0 unspecified atom stereocenters. The maximum Gasteiger partial charge on any atom is 0.416 e. The molecule has 8 heteroatoms. The molecule has 1 aromatic carbocycles. The third-order valence-electron chi connectivity index (χ3n) is 3.69. The van der Waals surface area contributed by atoms with Crippen LogP contribution in [-0.2, 0) is 6.18 Å². The molecule has 0 aliphatic heterocycles. The minimum Gasteiger partial charge on any atom is -0.358 e. The Hall–Kier alpha value is -3.34. The Bertz CT molecular complexity index is 1060. The number of fused-ring (bicyclic) bond motifs is 1. The molecule has 0 spiro atoms. The van der Waals surface area contributed by atoms with E-state index < -0.39 is 17.3 Å². The Morgan fingerprint density at radius 3 is 2.64 bits per heavy atom. The molecule has 126 valence electrons. The molecule has 5 nitrogen and oxygen atoms in total. The van der Waals surface area contributed by atoms with Gasteiger partial charge in [0.2, 0.25) is 5.95 Å². The van der Waals surface area contributed by atoms with Gasteiger partial charge in [-0.3, -0.25) is 9.20 Å². The van der Waals surface area contributed by atoms with E-state index in [-0.39, 0.29) is 17.0 Å². The number of benzene rings is 1. The van der Waals surface area contributed by atoms with Crippen molar-refractivity contribution < 1.29 is 13.2 Å². The highest BCUT2D eigenvalue weighted by Crippen LogP contribution is 2.32. The largest absolute Gasteiger partial charge is 0.416 e. The number of nitrogens with zero attached hydrogens (tertiary/aromatic N) is 3. The Balaban J connectivity index is 2.43. The van der Waals surface area contributed by atoms with Crippen LogP contribution in [0.15, 0.2) is 47.4 Å². The van der Waals surface area contributed by atoms with Crippen molar-refractivity contribution in [2.75, 3.05) is 12.4 Å². The zero-order valence-electron chi connectivity index (χ0n) is 12.9. The summed E-state index contributed by atoms with van der Waals surface area (Å²) in [4.78, 5) is 16.3. The van der Waals surface area contributed by atoms with Crippen molar-refractivity contribution in [1.29, 1.82) is 5.26 Å². The quantitative estimate of drug-likeness (QED) is 0.774. The lowest BCUT2D eigenvalue weighted by molar-refractivity contribution is -0.137. The highest BCUT2D eigenvalue weighted by molar-refractivity contribution is 5.81. The van der Waals surface area contributed by atoms with Crippen molar-refractivity contribution in [3.63, 3.8) is 0 Å². The fraction of sp³-hybridized carbons (Fsp3) is 0.118. The van der Waals surface area contributed by atoms with Crippen LogP contribution in [0.4, 0.5) is 19.1 Å². The van der Waals surface area contributed by atoms with Crippen LogP contribution in [0.5, 0.6) is 0 Å². The zero-order valence-corrected chi connectivity index (χ0v) is 12.9. The van der Waals surface area contributed by atoms with E-state index in [0.29, 0.717) is 11.1 Å². The van der Waals surface area contributed by atoms with Crippen LogP contribution in [0.1, 0.15) is 11.1 Å². The smallest absolute Gasteiger partial charge is 0.358 e. The van der Waals surface area contributed by atoms with Crippen LogP contribution in [-0.4, -0.2) is 16.4 Å². The second kappa shape index (κ2) is 5.94. The maximum absolute atomic E-state index is 13.1. The minimum atomic E-state index is -4.55. The molecule has 0 aliphatic carbocycles. The zero-order chi connectivity index (χ0) is 18.2. The summed E-state index contributed by atoms with van der Waals surface area (Å²) in [6.45, 7) is 0. The van der Waals surface area contributed by atoms with Gasteiger partial charge in [-0.2, -0.15) is 23.4 Å². The normalized spacial score (nSPS) is 11.3. The molecule has 2 aromatic heterocycles. The fourth-order valence-corrected chi connectivity index (χ4v) is 2.56. The molecule has 0 atom stereocenters. The molecule has 0 radical (unpaired) electrons. The van der Waals surface area contributed by atoms with Crippen molar-refractivity contribution in [3.05, 3.63) is 64.1 Å². The number of rotatable bonds is 2. The standard InChI is InChI=1S/C17H11F3N4O/c1-22-16-23-15(25)14(11-4-2-3-10(7-11)9-21)13-8-12(17(18,19)20)5-6-24(13)16/h2-8H,1H3,(H,22,23,25). The number of aromatic nitrogens is 2. The van der Waals surface area contributed by atoms with Gasteiger partial charge in [0.15, 0.2) is 0 Å². The third kappa shape index (κ3) is 2.92. The number of nitrogens with one attached hydrogen (secondary N) is 1. The van der Waals surface area contributed by atoms with E-state index >= 15 is 0 Å². The second-order valence-corrected chi connectivity index (χ2v) is 5.23. The van der Waals surface area contributed by atoms with Crippen LogP contribution >= 0.6 is 0 Å². The van der Waals surface area contributed by atoms with Crippen molar-refractivity contribution in [2.24, 2.45) is 0 Å². The Morgan fingerprint density at radius 1 is 1.24 bits per heavy atom. The van der Waals surface area contributed by atoms with Crippen LogP contribution in [0.25, 0.3) is 16.6 Å². The van der Waals surface area contributed by atoms with Crippen molar-refractivity contribution >= 4 is 11.5 Å². The van der Waals surface area contributed by atoms with E-state index in [1.807, 2.05) is 6.07 Å². The average molecular weight is 344 g/mol. The molecule has 1 N–H and O–H groups in total. The van der Waals surface area contributed by atoms with Gasteiger partial charge in [-0.15, -0.1) is 0 Å². The number of alkyl halides is 3. The minimum absolute atomic E-state index is 0.00204. The molecular weight excluding hydrogens is 333 g/mol. The lowest BCUT2D eigenvalue weighted by atomic mass is 10.0. The van der Waals surface area contributed by atoms with Gasteiger partial charge in [-0.25, -0.2) is 0 Å². The molecule has 25 heavy (non-hydrogen) atoms. The van der Waals surface area contributed by atoms with Gasteiger partial charge in [-0.1, -0.05) is 12.1 Å². The summed E-state index contributed by atoms with van der Waals surface area (Å²) in [6, 6.07) is 9.85. The number of pyridine rings is 1. The van der Waals surface area contributed by atoms with Gasteiger partial charge in [0.05, 0.1) is 28.3 Å². The fourth-order valence-electron chi connectivity index (χ4n) is 2.56. The summed E-state index contributed by atoms with van der Waals surface area (Å²) in [5, 5.41) is 11.7. The summed E-state index contributed by atoms with van der Waals surface area (Å²) >= 11 is 0. The SMILES string of the molecule is CNc1nc(=O)c(-c2cccc(C#N)c2)c2cc(C(F)(F)F)ccn12. The molecule has 3 aromatic rings. The maximum atomic E-state index is 13.1. The molecule has 0 saturated heterocycles. The van der Waals surface area contributed by atoms with E-state index in [0.717, 1.165) is 12.1 Å². The molecule has 0 amide bonds. The molecule has 0 saturated carbocycles. The molecule has 3 rings (SSSR count). The monoisotopic (exact) mass is 344 g/mol. The van der Waals surface area contributed by atoms with Crippen LogP contribution in [0, 0.1) is 11.3 Å². The van der Waals surface area contributed by atoms with Gasteiger partial charge in [-0.05, 0) is 29.8 Å². The van der Waals surface area contributed by atoms with Gasteiger partial charge in [0.25, 0.3) is 5.56 Å². The van der Waals surface area contributed by atoms with Crippen LogP contribution in [0.2, 0.25) is 0 Å². The van der Waals surface area contributed by atoms with E-state index in [2.05, 4.69) is 10.3 Å². The first-order chi connectivity index (χ1) is 11.8. The Morgan fingerprint density at radius 2 is 2.00 bits per heavy atom. The van der Waals surface area contributed by atoms with Crippen molar-refractivity contribution in [3.8, 4) is 17.2 Å². The average Bonchev–Trinajstić information content (AvgIpc) is 2.59. The summed E-state index contributed by atoms with van der Waals surface area (Å²) in [7, 11) is 1.52. The Kier molecular flexibility index (Phi) is 3.93. The lowest BCUT2D eigenvalue weighted by Crippen LogP contribution is -2.17. The summed E-state index contributed by atoms with van der Waals surface area (Å²) in [5.41, 5.74) is -0.885. The molecular formula is C17H11F3N4O. The highest BCUT2D eigenvalue weighted by Gasteiger charge is 2.31. The molecule has 2 heterocycles. The summed E-state index contributed by atoms with van der Waals surface area (Å²) < 4.78 is 40.6. The lowest BCUT2D eigenvalue weighted by Gasteiger charge is -2.14. The van der Waals surface area contributed by atoms with Gasteiger partial charge >= 0.3 is 6.18 Å². The number of hydrogen-bond acceptors (Lipinski definition) is 4. The van der Waals surface area contributed by atoms with Gasteiger partial charge in [0, 0.05) is 13.2 Å². The highest BCUT2D eigenvalue weighted by atomic mass is 19.4. The van der Waals surface area contributed by atoms with Crippen molar-refractivity contribution in [2.45, 2.75) is 6.18 Å². The first kappa shape index (κ1) is 16.5. The van der Waals surface area contributed by atoms with E-state index in [1.165, 1.54) is 23.7 Å². The number of nitriles is 1. The van der Waals surface area contributed by atoms with Crippen LogP contribution in [0.3, 0.4) is 0 Å². The molecule has 0 aliphatic rings. The van der Waals surface area contributed by atoms with Crippen molar-refractivity contribution in [1.82, 2.24) is 9.38 Å². The number of halogens is 3. The predicted molar refractivity (Wildman–Crippen MR) is 86.2 cm³/mol.